The van der Waals surface area contributed by atoms with Crippen LogP contribution in [-0.4, -0.2) is 19.1 Å². The van der Waals surface area contributed by atoms with Crippen LogP contribution in [0.2, 0.25) is 0 Å². The third-order valence-corrected chi connectivity index (χ3v) is 4.50. The number of amides is 1. The Morgan fingerprint density at radius 3 is 2.48 bits per heavy atom. The normalized spacial score (nSPS) is 21.7. The average Bonchev–Trinajstić information content (AvgIpc) is 2.61. The highest BCUT2D eigenvalue weighted by Crippen LogP contribution is 2.30. The molecule has 1 amide bonds. The summed E-state index contributed by atoms with van der Waals surface area (Å²) in [6.07, 6.45) is 6.91. The maximum Gasteiger partial charge on any atom is 0.268 e. The van der Waals surface area contributed by atoms with Crippen molar-refractivity contribution in [2.24, 2.45) is 23.3 Å². The molecule has 1 saturated carbocycles. The molecule has 1 fully saturated rings. The van der Waals surface area contributed by atoms with Crippen molar-refractivity contribution in [3.63, 3.8) is 0 Å². The first-order chi connectivity index (χ1) is 11.2. The Kier molecular flexibility index (Phi) is 6.78. The van der Waals surface area contributed by atoms with Gasteiger partial charge in [0.05, 0.1) is 6.61 Å². The number of rotatable bonds is 7. The van der Waals surface area contributed by atoms with Crippen molar-refractivity contribution >= 4 is 5.91 Å². The molecule has 0 aromatic heterocycles. The number of hydrogen-bond donors (Lipinski definition) is 3. The Balaban J connectivity index is 1.59. The maximum atomic E-state index is 11.6. The molecule has 23 heavy (non-hydrogen) atoms. The molecule has 0 aliphatic heterocycles. The minimum Gasteiger partial charge on any atom is -0.494 e. The van der Waals surface area contributed by atoms with Gasteiger partial charge in [0.1, 0.15) is 11.4 Å². The van der Waals surface area contributed by atoms with Gasteiger partial charge in [0, 0.05) is 12.7 Å². The fraction of sp³-hybridized carbons (Fsp3) is 0.500. The van der Waals surface area contributed by atoms with Crippen LogP contribution >= 0.6 is 0 Å². The van der Waals surface area contributed by atoms with Gasteiger partial charge in [0.15, 0.2) is 0 Å². The molecule has 0 unspecified atom stereocenters. The fourth-order valence-corrected chi connectivity index (χ4v) is 3.00. The van der Waals surface area contributed by atoms with Gasteiger partial charge < -0.3 is 21.5 Å². The molecule has 2 rings (SSSR count). The summed E-state index contributed by atoms with van der Waals surface area (Å²) in [5.74, 6) is 1.93. The van der Waals surface area contributed by atoms with E-state index in [4.69, 9.17) is 16.2 Å². The summed E-state index contributed by atoms with van der Waals surface area (Å²) in [6.45, 7) is 1.45. The van der Waals surface area contributed by atoms with Crippen LogP contribution in [0.25, 0.3) is 0 Å². The number of para-hydroxylation sites is 1. The zero-order valence-corrected chi connectivity index (χ0v) is 13.5. The number of hydrogen-bond acceptors (Lipinski definition) is 4. The van der Waals surface area contributed by atoms with Crippen LogP contribution in [0, 0.1) is 11.8 Å². The standard InChI is InChI=1S/C18H27N3O2/c19-12-17(20)18(22)21-13-15-8-6-14(7-9-15)10-11-23-16-4-2-1-3-5-16/h1-5,12,14-15H,6-11,13,19-20H2,(H,21,22)/b17-12-. The van der Waals surface area contributed by atoms with Crippen LogP contribution in [-0.2, 0) is 4.79 Å². The maximum absolute atomic E-state index is 11.6. The van der Waals surface area contributed by atoms with E-state index >= 15 is 0 Å². The number of carbonyl (C=O) groups excluding carboxylic acids is 1. The predicted molar refractivity (Wildman–Crippen MR) is 91.5 cm³/mol. The number of ether oxygens (including phenoxy) is 1. The summed E-state index contributed by atoms with van der Waals surface area (Å²) in [5, 5.41) is 2.85. The summed E-state index contributed by atoms with van der Waals surface area (Å²) in [5.41, 5.74) is 10.8. The first kappa shape index (κ1) is 17.2. The minimum absolute atomic E-state index is 0.0803. The van der Waals surface area contributed by atoms with E-state index in [1.54, 1.807) is 0 Å². The smallest absolute Gasteiger partial charge is 0.268 e. The molecule has 0 radical (unpaired) electrons. The third kappa shape index (κ3) is 5.85. The molecule has 5 nitrogen and oxygen atoms in total. The van der Waals surface area contributed by atoms with Gasteiger partial charge in [-0.15, -0.1) is 0 Å². The lowest BCUT2D eigenvalue weighted by Gasteiger charge is -2.28. The van der Waals surface area contributed by atoms with Crippen molar-refractivity contribution in [2.75, 3.05) is 13.2 Å². The minimum atomic E-state index is -0.272. The molecule has 1 aromatic rings. The van der Waals surface area contributed by atoms with Gasteiger partial charge >= 0.3 is 0 Å². The molecule has 0 heterocycles. The lowest BCUT2D eigenvalue weighted by Crippen LogP contribution is -2.34. The highest BCUT2D eigenvalue weighted by molar-refractivity contribution is 5.92. The van der Waals surface area contributed by atoms with Gasteiger partial charge in [0.2, 0.25) is 0 Å². The van der Waals surface area contributed by atoms with Crippen LogP contribution < -0.4 is 21.5 Å². The van der Waals surface area contributed by atoms with Crippen molar-refractivity contribution < 1.29 is 9.53 Å². The molecule has 1 aliphatic rings. The van der Waals surface area contributed by atoms with Crippen molar-refractivity contribution in [3.8, 4) is 5.75 Å². The third-order valence-electron chi connectivity index (χ3n) is 4.50. The quantitative estimate of drug-likeness (QED) is 0.672. The Morgan fingerprint density at radius 1 is 1.17 bits per heavy atom. The van der Waals surface area contributed by atoms with E-state index in [-0.39, 0.29) is 11.6 Å². The van der Waals surface area contributed by atoms with Crippen molar-refractivity contribution in [1.82, 2.24) is 5.32 Å². The highest BCUT2D eigenvalue weighted by Gasteiger charge is 2.21. The first-order valence-electron chi connectivity index (χ1n) is 8.32. The van der Waals surface area contributed by atoms with Gasteiger partial charge in [-0.2, -0.15) is 0 Å². The lowest BCUT2D eigenvalue weighted by molar-refractivity contribution is -0.117. The van der Waals surface area contributed by atoms with Crippen LogP contribution in [0.15, 0.2) is 42.2 Å². The van der Waals surface area contributed by atoms with Crippen LogP contribution in [0.3, 0.4) is 0 Å². The summed E-state index contributed by atoms with van der Waals surface area (Å²) in [4.78, 5) is 11.6. The molecule has 126 valence electrons. The van der Waals surface area contributed by atoms with Crippen LogP contribution in [0.4, 0.5) is 0 Å². The van der Waals surface area contributed by atoms with Gasteiger partial charge in [-0.25, -0.2) is 0 Å². The number of nitrogens with one attached hydrogen (secondary N) is 1. The molecule has 5 N–H and O–H groups in total. The molecule has 0 spiro atoms. The van der Waals surface area contributed by atoms with E-state index in [0.29, 0.717) is 12.5 Å². The average molecular weight is 317 g/mol. The molecule has 5 heteroatoms. The second-order valence-electron chi connectivity index (χ2n) is 6.17. The van der Waals surface area contributed by atoms with Gasteiger partial charge in [0.25, 0.3) is 5.91 Å². The largest absolute Gasteiger partial charge is 0.494 e. The van der Waals surface area contributed by atoms with Gasteiger partial charge in [-0.1, -0.05) is 18.2 Å². The number of carbonyl (C=O) groups is 1. The van der Waals surface area contributed by atoms with Crippen LogP contribution in [0.5, 0.6) is 5.75 Å². The Hall–Kier alpha value is -2.17. The predicted octanol–water partition coefficient (Wildman–Crippen LogP) is 2.14. The van der Waals surface area contributed by atoms with Crippen molar-refractivity contribution in [1.29, 1.82) is 0 Å². The summed E-state index contributed by atoms with van der Waals surface area (Å²) in [6, 6.07) is 9.94. The number of nitrogens with two attached hydrogens (primary N) is 2. The van der Waals surface area contributed by atoms with E-state index < -0.39 is 0 Å². The van der Waals surface area contributed by atoms with E-state index in [9.17, 15) is 4.79 Å². The second-order valence-corrected chi connectivity index (χ2v) is 6.17. The Morgan fingerprint density at radius 2 is 1.83 bits per heavy atom. The molecule has 0 atom stereocenters. The molecular weight excluding hydrogens is 290 g/mol. The Labute approximate surface area is 138 Å². The van der Waals surface area contributed by atoms with Crippen LogP contribution in [0.1, 0.15) is 32.1 Å². The summed E-state index contributed by atoms with van der Waals surface area (Å²) < 4.78 is 5.76. The SMILES string of the molecule is N/C=C(\N)C(=O)NCC1CCC(CCOc2ccccc2)CC1. The zero-order valence-electron chi connectivity index (χ0n) is 13.5. The zero-order chi connectivity index (χ0) is 16.5. The molecule has 1 aliphatic carbocycles. The van der Waals surface area contributed by atoms with Gasteiger partial charge in [-0.3, -0.25) is 4.79 Å². The first-order valence-corrected chi connectivity index (χ1v) is 8.32. The van der Waals surface area contributed by atoms with Gasteiger partial charge in [-0.05, 0) is 56.1 Å². The van der Waals surface area contributed by atoms with E-state index in [1.165, 1.54) is 12.8 Å². The topological polar surface area (TPSA) is 90.4 Å². The lowest BCUT2D eigenvalue weighted by atomic mass is 9.80. The summed E-state index contributed by atoms with van der Waals surface area (Å²) >= 11 is 0. The number of benzene rings is 1. The second kappa shape index (κ2) is 9.08. The van der Waals surface area contributed by atoms with Crippen molar-refractivity contribution in [3.05, 3.63) is 42.2 Å². The van der Waals surface area contributed by atoms with E-state index in [0.717, 1.165) is 43.7 Å². The molecular formula is C18H27N3O2. The van der Waals surface area contributed by atoms with Crippen molar-refractivity contribution in [2.45, 2.75) is 32.1 Å². The summed E-state index contributed by atoms with van der Waals surface area (Å²) in [7, 11) is 0. The van der Waals surface area contributed by atoms with E-state index in [1.807, 2.05) is 30.3 Å². The molecule has 0 bridgehead atoms. The highest BCUT2D eigenvalue weighted by atomic mass is 16.5. The monoisotopic (exact) mass is 317 g/mol. The molecule has 0 saturated heterocycles. The molecule has 1 aromatic carbocycles. The fourth-order valence-electron chi connectivity index (χ4n) is 3.00. The Bertz CT molecular complexity index is 508. The van der Waals surface area contributed by atoms with E-state index in [2.05, 4.69) is 5.32 Å².